The molecule has 7 heteroatoms. The van der Waals surface area contributed by atoms with E-state index in [1.54, 1.807) is 24.4 Å². The van der Waals surface area contributed by atoms with Crippen molar-refractivity contribution in [3.63, 3.8) is 0 Å². The number of sulfonamides is 1. The number of thioether (sulfide) groups is 1. The van der Waals surface area contributed by atoms with Gasteiger partial charge in [-0.2, -0.15) is 11.8 Å². The van der Waals surface area contributed by atoms with Crippen molar-refractivity contribution in [3.8, 4) is 0 Å². The number of nitrogens with one attached hydrogen (secondary N) is 1. The van der Waals surface area contributed by atoms with Gasteiger partial charge in [-0.05, 0) is 25.0 Å². The number of rotatable bonds is 6. The minimum absolute atomic E-state index is 0.242. The molecule has 0 aliphatic carbocycles. The lowest BCUT2D eigenvalue weighted by atomic mass is 10.2. The predicted octanol–water partition coefficient (Wildman–Crippen LogP) is 2.43. The highest BCUT2D eigenvalue weighted by Crippen LogP contribution is 2.22. The van der Waals surface area contributed by atoms with E-state index in [0.29, 0.717) is 17.3 Å². The van der Waals surface area contributed by atoms with Gasteiger partial charge in [0.05, 0.1) is 5.52 Å². The van der Waals surface area contributed by atoms with Gasteiger partial charge < -0.3 is 4.74 Å². The van der Waals surface area contributed by atoms with E-state index in [9.17, 15) is 8.42 Å². The molecule has 124 valence electrons. The molecule has 0 amide bonds. The van der Waals surface area contributed by atoms with E-state index < -0.39 is 10.0 Å². The third-order valence-electron chi connectivity index (χ3n) is 3.80. The highest BCUT2D eigenvalue weighted by molar-refractivity contribution is 8.00. The Bertz CT molecular complexity index is 754. The second-order valence-corrected chi connectivity index (χ2v) is 8.56. The van der Waals surface area contributed by atoms with Crippen LogP contribution in [0, 0.1) is 0 Å². The van der Waals surface area contributed by atoms with Gasteiger partial charge in [0.1, 0.15) is 4.90 Å². The SMILES string of the molecule is O=S(=O)(NCCSC1CCOCC1)c1cccc2cccnc12. The number of hydrogen-bond acceptors (Lipinski definition) is 5. The molecule has 2 aromatic rings. The van der Waals surface area contributed by atoms with Crippen molar-refractivity contribution in [2.75, 3.05) is 25.5 Å². The molecule has 1 fully saturated rings. The van der Waals surface area contributed by atoms with Crippen LogP contribution in [-0.4, -0.2) is 44.2 Å². The highest BCUT2D eigenvalue weighted by atomic mass is 32.2. The summed E-state index contributed by atoms with van der Waals surface area (Å²) >= 11 is 1.81. The van der Waals surface area contributed by atoms with E-state index in [1.165, 1.54) is 0 Å². The van der Waals surface area contributed by atoms with Crippen molar-refractivity contribution in [1.29, 1.82) is 0 Å². The van der Waals surface area contributed by atoms with Crippen molar-refractivity contribution in [1.82, 2.24) is 9.71 Å². The van der Waals surface area contributed by atoms with Crippen molar-refractivity contribution >= 4 is 32.7 Å². The van der Waals surface area contributed by atoms with E-state index in [2.05, 4.69) is 9.71 Å². The molecule has 1 aromatic carbocycles. The van der Waals surface area contributed by atoms with E-state index in [4.69, 9.17) is 4.74 Å². The number of para-hydroxylation sites is 1. The number of benzene rings is 1. The molecule has 0 atom stereocenters. The van der Waals surface area contributed by atoms with Gasteiger partial charge in [0.15, 0.2) is 0 Å². The van der Waals surface area contributed by atoms with Crippen LogP contribution in [0.4, 0.5) is 0 Å². The Morgan fingerprint density at radius 1 is 1.22 bits per heavy atom. The van der Waals surface area contributed by atoms with Crippen molar-refractivity contribution in [2.45, 2.75) is 23.0 Å². The van der Waals surface area contributed by atoms with Crippen LogP contribution in [0.3, 0.4) is 0 Å². The maximum atomic E-state index is 12.5. The van der Waals surface area contributed by atoms with Crippen LogP contribution in [0.2, 0.25) is 0 Å². The first kappa shape index (κ1) is 16.7. The summed E-state index contributed by atoms with van der Waals surface area (Å²) in [4.78, 5) is 4.45. The second kappa shape index (κ2) is 7.61. The number of ether oxygens (including phenoxy) is 1. The molecule has 2 heterocycles. The fraction of sp³-hybridized carbons (Fsp3) is 0.438. The fourth-order valence-corrected chi connectivity index (χ4v) is 5.03. The quantitative estimate of drug-likeness (QED) is 0.809. The van der Waals surface area contributed by atoms with E-state index in [-0.39, 0.29) is 4.90 Å². The smallest absolute Gasteiger partial charge is 0.242 e. The van der Waals surface area contributed by atoms with Crippen molar-refractivity contribution < 1.29 is 13.2 Å². The number of nitrogens with zero attached hydrogens (tertiary/aromatic N) is 1. The molecule has 1 aliphatic rings. The monoisotopic (exact) mass is 352 g/mol. The molecule has 0 saturated carbocycles. The maximum Gasteiger partial charge on any atom is 0.242 e. The Morgan fingerprint density at radius 3 is 2.83 bits per heavy atom. The van der Waals surface area contributed by atoms with Gasteiger partial charge in [0.25, 0.3) is 0 Å². The lowest BCUT2D eigenvalue weighted by Gasteiger charge is -2.21. The largest absolute Gasteiger partial charge is 0.381 e. The molecule has 0 unspecified atom stereocenters. The Hall–Kier alpha value is -1.15. The Labute approximate surface area is 140 Å². The van der Waals surface area contributed by atoms with Gasteiger partial charge >= 0.3 is 0 Å². The molecule has 23 heavy (non-hydrogen) atoms. The summed E-state index contributed by atoms with van der Waals surface area (Å²) in [6.07, 6.45) is 3.71. The van der Waals surface area contributed by atoms with Crippen LogP contribution >= 0.6 is 11.8 Å². The van der Waals surface area contributed by atoms with Crippen molar-refractivity contribution in [2.24, 2.45) is 0 Å². The van der Waals surface area contributed by atoms with Crippen LogP contribution in [-0.2, 0) is 14.8 Å². The third-order valence-corrected chi connectivity index (χ3v) is 6.68. The average molecular weight is 352 g/mol. The molecular formula is C16H20N2O3S2. The predicted molar refractivity (Wildman–Crippen MR) is 93.2 cm³/mol. The Morgan fingerprint density at radius 2 is 2.00 bits per heavy atom. The van der Waals surface area contributed by atoms with Gasteiger partial charge in [-0.15, -0.1) is 0 Å². The van der Waals surface area contributed by atoms with Crippen LogP contribution in [0.1, 0.15) is 12.8 Å². The molecule has 3 rings (SSSR count). The van der Waals surface area contributed by atoms with Crippen LogP contribution in [0.25, 0.3) is 10.9 Å². The first-order valence-electron chi connectivity index (χ1n) is 7.69. The van der Waals surface area contributed by atoms with E-state index in [0.717, 1.165) is 37.2 Å². The summed E-state index contributed by atoms with van der Waals surface area (Å²) in [7, 11) is -3.54. The Kier molecular flexibility index (Phi) is 5.53. The van der Waals surface area contributed by atoms with Gasteiger partial charge in [-0.25, -0.2) is 13.1 Å². The molecular weight excluding hydrogens is 332 g/mol. The summed E-state index contributed by atoms with van der Waals surface area (Å²) in [5.41, 5.74) is 0.514. The zero-order valence-electron chi connectivity index (χ0n) is 12.8. The van der Waals surface area contributed by atoms with Crippen molar-refractivity contribution in [3.05, 3.63) is 36.5 Å². The first-order valence-corrected chi connectivity index (χ1v) is 10.2. The molecule has 5 nitrogen and oxygen atoms in total. The minimum atomic E-state index is -3.54. The number of hydrogen-bond donors (Lipinski definition) is 1. The molecule has 1 aliphatic heterocycles. The molecule has 0 spiro atoms. The number of aromatic nitrogens is 1. The van der Waals surface area contributed by atoms with Gasteiger partial charge in [0, 0.05) is 42.3 Å². The van der Waals surface area contributed by atoms with Crippen LogP contribution in [0.5, 0.6) is 0 Å². The minimum Gasteiger partial charge on any atom is -0.381 e. The van der Waals surface area contributed by atoms with E-state index >= 15 is 0 Å². The fourth-order valence-electron chi connectivity index (χ4n) is 2.62. The normalized spacial score (nSPS) is 16.7. The standard InChI is InChI=1S/C16H20N2O3S2/c19-23(20,18-9-12-22-14-6-10-21-11-7-14)15-5-1-3-13-4-2-8-17-16(13)15/h1-5,8,14,18H,6-7,9-12H2. The lowest BCUT2D eigenvalue weighted by molar-refractivity contribution is 0.100. The molecule has 0 radical (unpaired) electrons. The Balaban J connectivity index is 1.62. The number of pyridine rings is 1. The molecule has 1 saturated heterocycles. The summed E-state index contributed by atoms with van der Waals surface area (Å²) in [6, 6.07) is 8.88. The average Bonchev–Trinajstić information content (AvgIpc) is 2.59. The maximum absolute atomic E-state index is 12.5. The van der Waals surface area contributed by atoms with Gasteiger partial charge in [-0.1, -0.05) is 18.2 Å². The molecule has 1 N–H and O–H groups in total. The molecule has 0 bridgehead atoms. The highest BCUT2D eigenvalue weighted by Gasteiger charge is 2.18. The van der Waals surface area contributed by atoms with Crippen LogP contribution < -0.4 is 4.72 Å². The summed E-state index contributed by atoms with van der Waals surface area (Å²) in [6.45, 7) is 2.05. The third kappa shape index (κ3) is 4.23. The van der Waals surface area contributed by atoms with E-state index in [1.807, 2.05) is 23.9 Å². The summed E-state index contributed by atoms with van der Waals surface area (Å²) < 4.78 is 33.0. The summed E-state index contributed by atoms with van der Waals surface area (Å²) in [5, 5.41) is 1.40. The zero-order chi connectivity index (χ0) is 16.1. The van der Waals surface area contributed by atoms with Gasteiger partial charge in [-0.3, -0.25) is 4.98 Å². The second-order valence-electron chi connectivity index (χ2n) is 5.41. The molecule has 1 aromatic heterocycles. The zero-order valence-corrected chi connectivity index (χ0v) is 14.4. The topological polar surface area (TPSA) is 68.3 Å². The lowest BCUT2D eigenvalue weighted by Crippen LogP contribution is -2.27. The van der Waals surface area contributed by atoms with Gasteiger partial charge in [0.2, 0.25) is 10.0 Å². The first-order chi connectivity index (χ1) is 11.2. The van der Waals surface area contributed by atoms with Crippen LogP contribution in [0.15, 0.2) is 41.4 Å². The summed E-state index contributed by atoms with van der Waals surface area (Å²) in [5.74, 6) is 0.766. The number of fused-ring (bicyclic) bond motifs is 1.